The van der Waals surface area contributed by atoms with Gasteiger partial charge in [0.15, 0.2) is 0 Å². The summed E-state index contributed by atoms with van der Waals surface area (Å²) in [5.74, 6) is -1.58. The number of aliphatic carboxylic acids is 1. The summed E-state index contributed by atoms with van der Waals surface area (Å²) < 4.78 is 31.7. The molecule has 0 unspecified atom stereocenters. The molecule has 2 aliphatic heterocycles. The number of nitrogens with zero attached hydrogens (tertiary/aromatic N) is 9. The highest BCUT2D eigenvalue weighted by Gasteiger charge is 2.45. The third kappa shape index (κ3) is 5.50. The lowest BCUT2D eigenvalue weighted by Crippen LogP contribution is -2.60. The van der Waals surface area contributed by atoms with Crippen molar-refractivity contribution in [3.63, 3.8) is 0 Å². The third-order valence-corrected chi connectivity index (χ3v) is 6.22. The third-order valence-electron chi connectivity index (χ3n) is 6.22. The number of halogens is 3. The summed E-state index contributed by atoms with van der Waals surface area (Å²) >= 11 is 0. The number of carbonyl (C=O) groups is 1. The van der Waals surface area contributed by atoms with Gasteiger partial charge in [-0.3, -0.25) is 0 Å². The van der Waals surface area contributed by atoms with Crippen LogP contribution in [0.2, 0.25) is 0 Å². The zero-order valence-corrected chi connectivity index (χ0v) is 19.5. The number of benzene rings is 1. The van der Waals surface area contributed by atoms with E-state index in [4.69, 9.17) is 9.90 Å². The Morgan fingerprint density at radius 2 is 1.75 bits per heavy atom. The fourth-order valence-electron chi connectivity index (χ4n) is 4.14. The predicted molar refractivity (Wildman–Crippen MR) is 120 cm³/mol. The van der Waals surface area contributed by atoms with Gasteiger partial charge in [-0.05, 0) is 50.3 Å². The number of aromatic hydroxyl groups is 1. The first-order valence-corrected chi connectivity index (χ1v) is 11.0. The molecule has 3 aromatic rings. The molecule has 0 bridgehead atoms. The highest BCUT2D eigenvalue weighted by Crippen LogP contribution is 2.41. The predicted octanol–water partition coefficient (Wildman–Crippen LogP) is 1.60. The van der Waals surface area contributed by atoms with Crippen molar-refractivity contribution >= 4 is 11.9 Å². The molecule has 2 saturated heterocycles. The summed E-state index contributed by atoms with van der Waals surface area (Å²) in [6, 6.07) is 5.19. The smallest absolute Gasteiger partial charge is 0.490 e. The first kappa shape index (κ1) is 25.2. The molecule has 2 N–H and O–H groups in total. The quantitative estimate of drug-likeness (QED) is 0.533. The van der Waals surface area contributed by atoms with E-state index >= 15 is 0 Å². The molecule has 1 spiro atoms. The first-order chi connectivity index (χ1) is 17.0. The van der Waals surface area contributed by atoms with E-state index in [1.54, 1.807) is 25.4 Å². The van der Waals surface area contributed by atoms with E-state index in [1.165, 1.54) is 17.6 Å². The molecule has 2 aliphatic rings. The Bertz CT molecular complexity index is 1220. The number of anilines is 1. The highest BCUT2D eigenvalue weighted by molar-refractivity contribution is 5.73. The molecule has 192 valence electrons. The lowest BCUT2D eigenvalue weighted by molar-refractivity contribution is -0.192. The van der Waals surface area contributed by atoms with Crippen molar-refractivity contribution in [1.82, 2.24) is 40.3 Å². The number of carboxylic acids is 1. The van der Waals surface area contributed by atoms with Crippen LogP contribution in [0.4, 0.5) is 19.1 Å². The maximum absolute atomic E-state index is 10.6. The van der Waals surface area contributed by atoms with Gasteiger partial charge in [0, 0.05) is 29.6 Å². The topological polar surface area (TPSA) is 146 Å². The van der Waals surface area contributed by atoms with Crippen LogP contribution in [0.15, 0.2) is 24.4 Å². The highest BCUT2D eigenvalue weighted by atomic mass is 19.4. The average Bonchev–Trinajstić information content (AvgIpc) is 3.25. The standard InChI is InChI=1S/C19H23N9O.C2HF3O2/c1-26-7-5-19(6-8-26)11-28(12-19)18-20-10-15(21-23-18)14-4-3-13(9-16(14)29)17-22-25-27(2)24-17;3-2(4,5)1(6)7/h3-4,9-10,29H,5-8,11-12H2,1-2H3;(H,6,7). The lowest BCUT2D eigenvalue weighted by atomic mass is 9.72. The number of alkyl halides is 3. The summed E-state index contributed by atoms with van der Waals surface area (Å²) in [4.78, 5) is 19.3. The van der Waals surface area contributed by atoms with Crippen molar-refractivity contribution in [1.29, 1.82) is 0 Å². The van der Waals surface area contributed by atoms with Crippen molar-refractivity contribution in [2.24, 2.45) is 12.5 Å². The molecule has 15 heteroatoms. The molecular weight excluding hydrogens is 483 g/mol. The van der Waals surface area contributed by atoms with Crippen LogP contribution in [-0.2, 0) is 11.8 Å². The fraction of sp³-hybridized carbons (Fsp3) is 0.476. The Morgan fingerprint density at radius 3 is 2.25 bits per heavy atom. The number of aromatic nitrogens is 7. The van der Waals surface area contributed by atoms with Crippen molar-refractivity contribution in [3.8, 4) is 28.4 Å². The number of phenolic OH excluding ortho intramolecular Hbond substituents is 1. The summed E-state index contributed by atoms with van der Waals surface area (Å²) in [7, 11) is 3.88. The second-order valence-electron chi connectivity index (χ2n) is 8.94. The van der Waals surface area contributed by atoms with Gasteiger partial charge in [0.1, 0.15) is 11.4 Å². The van der Waals surface area contributed by atoms with Gasteiger partial charge in [-0.1, -0.05) is 6.07 Å². The number of likely N-dealkylation sites (tertiary alicyclic amines) is 1. The molecular formula is C21H24F3N9O3. The molecule has 0 saturated carbocycles. The van der Waals surface area contributed by atoms with Gasteiger partial charge in [0.05, 0.1) is 13.2 Å². The Labute approximate surface area is 203 Å². The molecule has 1 aromatic carbocycles. The molecule has 12 nitrogen and oxygen atoms in total. The Morgan fingerprint density at radius 1 is 1.08 bits per heavy atom. The maximum atomic E-state index is 10.6. The fourth-order valence-corrected chi connectivity index (χ4v) is 4.14. The Balaban J connectivity index is 0.000000384. The summed E-state index contributed by atoms with van der Waals surface area (Å²) in [6.45, 7) is 4.30. The van der Waals surface area contributed by atoms with E-state index < -0.39 is 12.1 Å². The average molecular weight is 507 g/mol. The second-order valence-corrected chi connectivity index (χ2v) is 8.94. The molecule has 0 atom stereocenters. The van der Waals surface area contributed by atoms with Crippen LogP contribution in [0.3, 0.4) is 0 Å². The first-order valence-electron chi connectivity index (χ1n) is 11.0. The van der Waals surface area contributed by atoms with Crippen molar-refractivity contribution < 1.29 is 28.2 Å². The van der Waals surface area contributed by atoms with Crippen LogP contribution in [0, 0.1) is 5.41 Å². The van der Waals surface area contributed by atoms with Crippen LogP contribution >= 0.6 is 0 Å². The molecule has 36 heavy (non-hydrogen) atoms. The van der Waals surface area contributed by atoms with E-state index in [0.717, 1.165) is 26.2 Å². The largest absolute Gasteiger partial charge is 0.507 e. The number of hydrogen-bond acceptors (Lipinski definition) is 10. The van der Waals surface area contributed by atoms with Crippen LogP contribution in [-0.4, -0.2) is 95.9 Å². The molecule has 4 heterocycles. The Hall–Kier alpha value is -3.88. The maximum Gasteiger partial charge on any atom is 0.490 e. The van der Waals surface area contributed by atoms with E-state index in [9.17, 15) is 18.3 Å². The minimum atomic E-state index is -5.08. The summed E-state index contributed by atoms with van der Waals surface area (Å²) in [5.41, 5.74) is 2.19. The molecule has 2 aromatic heterocycles. The monoisotopic (exact) mass is 507 g/mol. The van der Waals surface area contributed by atoms with Crippen LogP contribution < -0.4 is 4.90 Å². The number of rotatable bonds is 3. The molecule has 5 rings (SSSR count). The van der Waals surface area contributed by atoms with Crippen LogP contribution in [0.25, 0.3) is 22.6 Å². The van der Waals surface area contributed by atoms with E-state index in [-0.39, 0.29) is 5.75 Å². The lowest BCUT2D eigenvalue weighted by Gasteiger charge is -2.53. The van der Waals surface area contributed by atoms with Crippen LogP contribution in [0.1, 0.15) is 12.8 Å². The number of phenols is 1. The minimum Gasteiger partial charge on any atom is -0.507 e. The van der Waals surface area contributed by atoms with E-state index in [2.05, 4.69) is 47.4 Å². The second kappa shape index (κ2) is 9.64. The normalized spacial score (nSPS) is 17.3. The number of piperidine rings is 1. The molecule has 0 aliphatic carbocycles. The number of tetrazole rings is 1. The van der Waals surface area contributed by atoms with Crippen molar-refractivity contribution in [2.75, 3.05) is 38.1 Å². The summed E-state index contributed by atoms with van der Waals surface area (Å²) in [5, 5.41) is 38.1. The molecule has 2 fully saturated rings. The van der Waals surface area contributed by atoms with Crippen molar-refractivity contribution in [2.45, 2.75) is 19.0 Å². The zero-order valence-electron chi connectivity index (χ0n) is 19.5. The van der Waals surface area contributed by atoms with E-state index in [0.29, 0.717) is 34.0 Å². The van der Waals surface area contributed by atoms with Gasteiger partial charge in [0.25, 0.3) is 0 Å². The Kier molecular flexibility index (Phi) is 6.75. The van der Waals surface area contributed by atoms with Gasteiger partial charge in [-0.25, -0.2) is 9.78 Å². The molecule has 0 radical (unpaired) electrons. The number of carboxylic acid groups (broad SMARTS) is 1. The van der Waals surface area contributed by atoms with Gasteiger partial charge in [0.2, 0.25) is 11.8 Å². The number of hydrogen-bond donors (Lipinski definition) is 2. The SMILES string of the molecule is CN1CCC2(CC1)CN(c1ncc(-c3ccc(-c4nnn(C)n4)cc3O)nn1)C2.O=C(O)C(F)(F)F. The van der Waals surface area contributed by atoms with E-state index in [1.807, 2.05) is 6.07 Å². The van der Waals surface area contributed by atoms with Gasteiger partial charge < -0.3 is 20.0 Å². The van der Waals surface area contributed by atoms with Gasteiger partial charge >= 0.3 is 12.1 Å². The van der Waals surface area contributed by atoms with Gasteiger partial charge in [-0.2, -0.15) is 18.0 Å². The van der Waals surface area contributed by atoms with Gasteiger partial charge in [-0.15, -0.1) is 20.4 Å². The number of aryl methyl sites for hydroxylation is 1. The summed E-state index contributed by atoms with van der Waals surface area (Å²) in [6.07, 6.45) is -0.962. The van der Waals surface area contributed by atoms with Crippen LogP contribution in [0.5, 0.6) is 5.75 Å². The van der Waals surface area contributed by atoms with Crippen molar-refractivity contribution in [3.05, 3.63) is 24.4 Å². The minimum absolute atomic E-state index is 0.0769. The molecule has 0 amide bonds. The zero-order chi connectivity index (χ0) is 26.1.